The number of imidazole rings is 1. The van der Waals surface area contributed by atoms with Gasteiger partial charge in [0.2, 0.25) is 0 Å². The highest BCUT2D eigenvalue weighted by molar-refractivity contribution is 9.10. The first-order valence-corrected chi connectivity index (χ1v) is 12.9. The molecule has 1 amide bonds. The molecule has 4 heterocycles. The highest BCUT2D eigenvalue weighted by Crippen LogP contribution is 2.45. The quantitative estimate of drug-likeness (QED) is 0.169. The molecule has 0 aliphatic carbocycles. The van der Waals surface area contributed by atoms with Crippen molar-refractivity contribution in [2.45, 2.75) is 13.0 Å². The predicted octanol–water partition coefficient (Wildman–Crippen LogP) is 5.65. The molecule has 1 saturated heterocycles. The summed E-state index contributed by atoms with van der Waals surface area (Å²) >= 11 is 4.72. The molecule has 8 nitrogen and oxygen atoms in total. The molecule has 0 bridgehead atoms. The summed E-state index contributed by atoms with van der Waals surface area (Å²) in [6.45, 7) is 1.76. The number of carbonyl (C=O) groups is 2. The van der Waals surface area contributed by atoms with Crippen molar-refractivity contribution in [1.82, 2.24) is 14.4 Å². The molecule has 6 rings (SSSR count). The number of anilines is 1. The Morgan fingerprint density at radius 3 is 2.62 bits per heavy atom. The summed E-state index contributed by atoms with van der Waals surface area (Å²) in [5.74, 6) is -1.16. The van der Waals surface area contributed by atoms with Gasteiger partial charge in [-0.25, -0.2) is 9.97 Å². The van der Waals surface area contributed by atoms with E-state index in [0.717, 1.165) is 9.17 Å². The molecule has 1 N–H and O–H groups in total. The average molecular weight is 575 g/mol. The topological polar surface area (TPSA) is 97.0 Å². The number of halogens is 1. The van der Waals surface area contributed by atoms with Crippen molar-refractivity contribution >= 4 is 65.7 Å². The van der Waals surface area contributed by atoms with E-state index >= 15 is 0 Å². The van der Waals surface area contributed by atoms with Crippen LogP contribution < -0.4 is 9.64 Å². The Balaban J connectivity index is 1.59. The Labute approximate surface area is 223 Å². The molecule has 3 aromatic heterocycles. The maximum atomic E-state index is 13.5. The third kappa shape index (κ3) is 3.71. The second-order valence-corrected chi connectivity index (χ2v) is 10.5. The Kier molecular flexibility index (Phi) is 5.58. The Hall–Kier alpha value is -4.02. The number of ketones is 1. The van der Waals surface area contributed by atoms with Crippen molar-refractivity contribution < 1.29 is 19.4 Å². The lowest BCUT2D eigenvalue weighted by Gasteiger charge is -2.23. The number of Topliss-reactive ketones (excluding diaryl/α,β-unsaturated/α-hetero) is 1. The fourth-order valence-corrected chi connectivity index (χ4v) is 5.92. The Bertz CT molecular complexity index is 1760. The van der Waals surface area contributed by atoms with Crippen LogP contribution in [0.15, 0.2) is 76.9 Å². The van der Waals surface area contributed by atoms with Gasteiger partial charge in [-0.3, -0.25) is 18.9 Å². The van der Waals surface area contributed by atoms with E-state index in [1.165, 1.54) is 16.2 Å². The molecule has 1 atom stereocenters. The van der Waals surface area contributed by atoms with Crippen LogP contribution in [0.25, 0.3) is 21.6 Å². The first-order valence-electron chi connectivity index (χ1n) is 11.3. The summed E-state index contributed by atoms with van der Waals surface area (Å²) in [6.07, 6.45) is 1.76. The maximum Gasteiger partial charge on any atom is 0.301 e. The first-order chi connectivity index (χ1) is 17.9. The fraction of sp³-hybridized carbons (Fsp3) is 0.111. The van der Waals surface area contributed by atoms with E-state index in [2.05, 4.69) is 25.9 Å². The van der Waals surface area contributed by atoms with E-state index in [1.54, 1.807) is 36.8 Å². The number of aliphatic hydroxyl groups excluding tert-OH is 1. The van der Waals surface area contributed by atoms with Crippen molar-refractivity contribution in [2.75, 3.05) is 12.0 Å². The third-order valence-corrected chi connectivity index (χ3v) is 7.90. The van der Waals surface area contributed by atoms with Crippen LogP contribution in [0.1, 0.15) is 23.0 Å². The summed E-state index contributed by atoms with van der Waals surface area (Å²) in [4.78, 5) is 37.6. The molecular formula is C27H19BrN4O4S. The summed E-state index contributed by atoms with van der Waals surface area (Å²) in [5, 5.41) is 12.0. The van der Waals surface area contributed by atoms with Gasteiger partial charge >= 0.3 is 5.91 Å². The minimum atomic E-state index is -0.885. The molecule has 1 fully saturated rings. The van der Waals surface area contributed by atoms with E-state index in [0.29, 0.717) is 39.0 Å². The largest absolute Gasteiger partial charge is 0.505 e. The summed E-state index contributed by atoms with van der Waals surface area (Å²) < 4.78 is 8.69. The highest BCUT2D eigenvalue weighted by atomic mass is 79.9. The van der Waals surface area contributed by atoms with Crippen molar-refractivity contribution in [3.8, 4) is 5.75 Å². The van der Waals surface area contributed by atoms with Gasteiger partial charge in [-0.1, -0.05) is 45.5 Å². The molecule has 2 aromatic carbocycles. The number of aliphatic hydroxyl groups is 1. The number of aryl methyl sites for hydroxylation is 1. The second-order valence-electron chi connectivity index (χ2n) is 8.53. The van der Waals surface area contributed by atoms with Gasteiger partial charge < -0.3 is 9.84 Å². The predicted molar refractivity (Wildman–Crippen MR) is 145 cm³/mol. The number of thiazole rings is 1. The molecule has 184 valence electrons. The number of hydrogen-bond donors (Lipinski definition) is 1. The lowest BCUT2D eigenvalue weighted by molar-refractivity contribution is -0.132. The van der Waals surface area contributed by atoms with Crippen LogP contribution in [0.4, 0.5) is 5.13 Å². The molecule has 10 heteroatoms. The number of nitrogens with zero attached hydrogens (tertiary/aromatic N) is 4. The zero-order chi connectivity index (χ0) is 25.8. The van der Waals surface area contributed by atoms with Gasteiger partial charge in [0.1, 0.15) is 17.1 Å². The number of ether oxygens (including phenoxy) is 1. The number of amides is 1. The van der Waals surface area contributed by atoms with Gasteiger partial charge in [0.15, 0.2) is 10.9 Å². The maximum absolute atomic E-state index is 13.5. The number of methoxy groups -OCH3 is 1. The Morgan fingerprint density at radius 2 is 1.86 bits per heavy atom. The van der Waals surface area contributed by atoms with E-state index < -0.39 is 17.7 Å². The lowest BCUT2D eigenvalue weighted by Crippen LogP contribution is -2.29. The monoisotopic (exact) mass is 574 g/mol. The molecule has 0 radical (unpaired) electrons. The first kappa shape index (κ1) is 23.4. The molecule has 0 spiro atoms. The molecular weight excluding hydrogens is 556 g/mol. The van der Waals surface area contributed by atoms with Gasteiger partial charge in [0, 0.05) is 10.7 Å². The molecule has 1 aliphatic heterocycles. The second kappa shape index (κ2) is 8.82. The normalized spacial score (nSPS) is 17.3. The summed E-state index contributed by atoms with van der Waals surface area (Å²) in [6, 6.07) is 17.3. The van der Waals surface area contributed by atoms with E-state index in [9.17, 15) is 14.7 Å². The molecule has 1 unspecified atom stereocenters. The number of carbonyl (C=O) groups excluding carboxylic acids is 2. The van der Waals surface area contributed by atoms with Gasteiger partial charge in [0.25, 0.3) is 5.78 Å². The average Bonchev–Trinajstić information content (AvgIpc) is 3.54. The summed E-state index contributed by atoms with van der Waals surface area (Å²) in [7, 11) is 1.58. The third-order valence-electron chi connectivity index (χ3n) is 6.35. The van der Waals surface area contributed by atoms with Crippen LogP contribution in [0, 0.1) is 6.92 Å². The van der Waals surface area contributed by atoms with Gasteiger partial charge in [0.05, 0.1) is 34.6 Å². The number of rotatable bonds is 4. The van der Waals surface area contributed by atoms with E-state index in [-0.39, 0.29) is 11.3 Å². The van der Waals surface area contributed by atoms with Crippen molar-refractivity contribution in [2.24, 2.45) is 0 Å². The SMILES string of the molecule is COc1ccc2nc(N3C(=O)C(=O)/C(=C(/O)c4c(C)nc5ccccn45)C3c3ccc(Br)cc3)sc2c1. The van der Waals surface area contributed by atoms with Crippen molar-refractivity contribution in [3.63, 3.8) is 0 Å². The van der Waals surface area contributed by atoms with Gasteiger partial charge in [-0.2, -0.15) is 0 Å². The fourth-order valence-electron chi connectivity index (χ4n) is 4.64. The van der Waals surface area contributed by atoms with Crippen LogP contribution in [-0.4, -0.2) is 38.3 Å². The molecule has 0 saturated carbocycles. The number of hydrogen-bond acceptors (Lipinski definition) is 7. The Morgan fingerprint density at radius 1 is 1.08 bits per heavy atom. The number of pyridine rings is 1. The van der Waals surface area contributed by atoms with Crippen LogP contribution >= 0.6 is 27.3 Å². The number of aromatic nitrogens is 3. The minimum absolute atomic E-state index is 0.0158. The van der Waals surface area contributed by atoms with Gasteiger partial charge in [-0.05, 0) is 55.0 Å². The van der Waals surface area contributed by atoms with E-state index in [4.69, 9.17) is 4.74 Å². The highest BCUT2D eigenvalue weighted by Gasteiger charge is 2.48. The zero-order valence-corrected chi connectivity index (χ0v) is 22.1. The number of fused-ring (bicyclic) bond motifs is 2. The van der Waals surface area contributed by atoms with Crippen molar-refractivity contribution in [3.05, 3.63) is 93.9 Å². The van der Waals surface area contributed by atoms with Crippen LogP contribution in [0.3, 0.4) is 0 Å². The minimum Gasteiger partial charge on any atom is -0.505 e. The van der Waals surface area contributed by atoms with Crippen LogP contribution in [0.5, 0.6) is 5.75 Å². The molecule has 1 aliphatic rings. The summed E-state index contributed by atoms with van der Waals surface area (Å²) in [5.41, 5.74) is 2.84. The smallest absolute Gasteiger partial charge is 0.301 e. The van der Waals surface area contributed by atoms with Gasteiger partial charge in [-0.15, -0.1) is 0 Å². The number of benzene rings is 2. The zero-order valence-electron chi connectivity index (χ0n) is 19.7. The molecule has 37 heavy (non-hydrogen) atoms. The van der Waals surface area contributed by atoms with Crippen molar-refractivity contribution in [1.29, 1.82) is 0 Å². The van der Waals surface area contributed by atoms with Crippen LogP contribution in [-0.2, 0) is 9.59 Å². The van der Waals surface area contributed by atoms with Crippen LogP contribution in [0.2, 0.25) is 0 Å². The standard InChI is InChI=1S/C27H19BrN4O4S/c1-14-22(31-12-4-3-5-20(31)29-14)24(33)21-23(15-6-8-16(28)9-7-15)32(26(35)25(21)34)27-30-18-11-10-17(36-2)13-19(18)37-27/h3-13,23,33H,1-2H3/b24-21+. The lowest BCUT2D eigenvalue weighted by atomic mass is 9.96. The van der Waals surface area contributed by atoms with E-state index in [1.807, 2.05) is 48.5 Å². The molecule has 5 aromatic rings.